The van der Waals surface area contributed by atoms with Crippen LogP contribution >= 0.6 is 0 Å². The van der Waals surface area contributed by atoms with Crippen LogP contribution in [0, 0.1) is 0 Å². The van der Waals surface area contributed by atoms with Crippen LogP contribution < -0.4 is 15.4 Å². The molecule has 0 amide bonds. The Hall–Kier alpha value is -1.75. The van der Waals surface area contributed by atoms with E-state index in [1.165, 1.54) is 12.8 Å². The second-order valence-corrected chi connectivity index (χ2v) is 6.56. The molecule has 5 nitrogen and oxygen atoms in total. The number of hydrogen-bond donors (Lipinski definition) is 2. The summed E-state index contributed by atoms with van der Waals surface area (Å²) in [6.07, 6.45) is 3.30. The van der Waals surface area contributed by atoms with Gasteiger partial charge in [0.2, 0.25) is 0 Å². The smallest absolute Gasteiger partial charge is 0.191 e. The Balaban J connectivity index is 1.59. The third kappa shape index (κ3) is 6.40. The Morgan fingerprint density at radius 1 is 1.25 bits per heavy atom. The average Bonchev–Trinajstić information content (AvgIpc) is 2.61. The monoisotopic (exact) mass is 332 g/mol. The molecule has 1 saturated heterocycles. The molecule has 0 aliphatic carbocycles. The van der Waals surface area contributed by atoms with Crippen molar-refractivity contribution in [2.24, 2.45) is 4.99 Å². The molecule has 0 bridgehead atoms. The van der Waals surface area contributed by atoms with Crippen molar-refractivity contribution in [3.05, 3.63) is 30.3 Å². The van der Waals surface area contributed by atoms with Crippen molar-refractivity contribution < 1.29 is 4.74 Å². The molecular weight excluding hydrogens is 300 g/mol. The molecule has 1 aromatic carbocycles. The number of aliphatic imine (C=N–C) groups is 1. The van der Waals surface area contributed by atoms with E-state index in [1.807, 2.05) is 37.4 Å². The number of piperidine rings is 1. The molecule has 134 valence electrons. The van der Waals surface area contributed by atoms with Gasteiger partial charge in [-0.15, -0.1) is 0 Å². The van der Waals surface area contributed by atoms with Crippen LogP contribution in [0.2, 0.25) is 0 Å². The highest BCUT2D eigenvalue weighted by Gasteiger charge is 2.21. The molecule has 1 aliphatic rings. The van der Waals surface area contributed by atoms with Gasteiger partial charge in [0.05, 0.1) is 6.61 Å². The molecule has 0 radical (unpaired) electrons. The number of likely N-dealkylation sites (tertiary alicyclic amines) is 1. The van der Waals surface area contributed by atoms with Gasteiger partial charge in [-0.1, -0.05) is 18.2 Å². The van der Waals surface area contributed by atoms with E-state index in [0.29, 0.717) is 18.7 Å². The number of para-hydroxylation sites is 1. The van der Waals surface area contributed by atoms with Crippen LogP contribution in [0.15, 0.2) is 35.3 Å². The van der Waals surface area contributed by atoms with Crippen molar-refractivity contribution in [3.63, 3.8) is 0 Å². The van der Waals surface area contributed by atoms with Crippen LogP contribution in [-0.4, -0.2) is 56.2 Å². The minimum atomic E-state index is 0.520. The van der Waals surface area contributed by atoms with Crippen LogP contribution in [0.1, 0.15) is 33.1 Å². The number of rotatable bonds is 7. The molecule has 0 spiro atoms. The zero-order valence-electron chi connectivity index (χ0n) is 15.3. The van der Waals surface area contributed by atoms with Gasteiger partial charge in [-0.3, -0.25) is 4.99 Å². The number of nitrogens with one attached hydrogen (secondary N) is 2. The molecule has 2 N–H and O–H groups in total. The molecule has 1 heterocycles. The summed E-state index contributed by atoms with van der Waals surface area (Å²) in [4.78, 5) is 6.87. The Morgan fingerprint density at radius 3 is 2.58 bits per heavy atom. The summed E-state index contributed by atoms with van der Waals surface area (Å²) in [5, 5.41) is 6.93. The molecule has 24 heavy (non-hydrogen) atoms. The molecule has 1 aliphatic heterocycles. The summed E-state index contributed by atoms with van der Waals surface area (Å²) in [7, 11) is 1.83. The number of guanidine groups is 1. The van der Waals surface area contributed by atoms with Crippen LogP contribution in [-0.2, 0) is 0 Å². The normalized spacial score (nSPS) is 17.1. The third-order valence-corrected chi connectivity index (χ3v) is 4.45. The molecule has 0 unspecified atom stereocenters. The maximum atomic E-state index is 5.70. The van der Waals surface area contributed by atoms with Crippen molar-refractivity contribution in [2.45, 2.75) is 45.2 Å². The number of nitrogens with zero attached hydrogens (tertiary/aromatic N) is 2. The maximum absolute atomic E-state index is 5.70. The number of benzene rings is 1. The topological polar surface area (TPSA) is 48.9 Å². The summed E-state index contributed by atoms with van der Waals surface area (Å²) in [5.41, 5.74) is 0. The minimum absolute atomic E-state index is 0.520. The Morgan fingerprint density at radius 2 is 1.96 bits per heavy atom. The minimum Gasteiger partial charge on any atom is -0.494 e. The zero-order valence-corrected chi connectivity index (χ0v) is 15.3. The molecule has 1 aromatic rings. The molecule has 0 aromatic heterocycles. The number of hydrogen-bond acceptors (Lipinski definition) is 3. The number of ether oxygens (including phenoxy) is 1. The van der Waals surface area contributed by atoms with Gasteiger partial charge in [0.15, 0.2) is 5.96 Å². The Kier molecular flexibility index (Phi) is 7.89. The highest BCUT2D eigenvalue weighted by molar-refractivity contribution is 5.79. The van der Waals surface area contributed by atoms with E-state index in [9.17, 15) is 0 Å². The van der Waals surface area contributed by atoms with E-state index in [0.717, 1.165) is 37.8 Å². The van der Waals surface area contributed by atoms with E-state index >= 15 is 0 Å². The summed E-state index contributed by atoms with van der Waals surface area (Å²) < 4.78 is 5.70. The van der Waals surface area contributed by atoms with Crippen LogP contribution in [0.3, 0.4) is 0 Å². The lowest BCUT2D eigenvalue weighted by Crippen LogP contribution is -2.50. The van der Waals surface area contributed by atoms with Gasteiger partial charge in [-0.05, 0) is 45.2 Å². The van der Waals surface area contributed by atoms with E-state index in [2.05, 4.69) is 34.4 Å². The van der Waals surface area contributed by atoms with Crippen molar-refractivity contribution in [1.82, 2.24) is 15.5 Å². The van der Waals surface area contributed by atoms with Gasteiger partial charge in [-0.25, -0.2) is 0 Å². The highest BCUT2D eigenvalue weighted by atomic mass is 16.5. The first-order valence-electron chi connectivity index (χ1n) is 9.08. The molecule has 0 saturated carbocycles. The molecular formula is C19H32N4O. The van der Waals surface area contributed by atoms with E-state index < -0.39 is 0 Å². The summed E-state index contributed by atoms with van der Waals surface area (Å²) in [6.45, 7) is 8.43. The summed E-state index contributed by atoms with van der Waals surface area (Å²) >= 11 is 0. The first-order valence-corrected chi connectivity index (χ1v) is 9.08. The van der Waals surface area contributed by atoms with Gasteiger partial charge < -0.3 is 20.3 Å². The fourth-order valence-electron chi connectivity index (χ4n) is 2.93. The third-order valence-electron chi connectivity index (χ3n) is 4.45. The Labute approximate surface area is 146 Å². The predicted molar refractivity (Wildman–Crippen MR) is 101 cm³/mol. The fraction of sp³-hybridized carbons (Fsp3) is 0.632. The standard InChI is InChI=1S/C19H32N4O/c1-16(2)23-13-10-17(11-14-23)22-19(20-3)21-12-7-15-24-18-8-5-4-6-9-18/h4-6,8-9,16-17H,7,10-15H2,1-3H3,(H2,20,21,22). The van der Waals surface area contributed by atoms with Crippen LogP contribution in [0.4, 0.5) is 0 Å². The van der Waals surface area contributed by atoms with Crippen molar-refractivity contribution in [2.75, 3.05) is 33.3 Å². The van der Waals surface area contributed by atoms with Crippen molar-refractivity contribution in [1.29, 1.82) is 0 Å². The largest absolute Gasteiger partial charge is 0.494 e. The molecule has 5 heteroatoms. The summed E-state index contributed by atoms with van der Waals surface area (Å²) in [6, 6.07) is 11.1. The highest BCUT2D eigenvalue weighted by Crippen LogP contribution is 2.12. The van der Waals surface area contributed by atoms with Crippen molar-refractivity contribution in [3.8, 4) is 5.75 Å². The maximum Gasteiger partial charge on any atom is 0.191 e. The Bertz CT molecular complexity index is 481. The van der Waals surface area contributed by atoms with Gasteiger partial charge in [0.1, 0.15) is 5.75 Å². The lowest BCUT2D eigenvalue weighted by atomic mass is 10.0. The quantitative estimate of drug-likeness (QED) is 0.458. The fourth-order valence-corrected chi connectivity index (χ4v) is 2.93. The van der Waals surface area contributed by atoms with Crippen LogP contribution in [0.5, 0.6) is 5.75 Å². The van der Waals surface area contributed by atoms with Crippen molar-refractivity contribution >= 4 is 5.96 Å². The molecule has 0 atom stereocenters. The lowest BCUT2D eigenvalue weighted by Gasteiger charge is -2.35. The molecule has 2 rings (SSSR count). The zero-order chi connectivity index (χ0) is 17.2. The van der Waals surface area contributed by atoms with E-state index in [-0.39, 0.29) is 0 Å². The van der Waals surface area contributed by atoms with Gasteiger partial charge in [0.25, 0.3) is 0 Å². The van der Waals surface area contributed by atoms with E-state index in [4.69, 9.17) is 4.74 Å². The van der Waals surface area contributed by atoms with Crippen LogP contribution in [0.25, 0.3) is 0 Å². The first-order chi connectivity index (χ1) is 11.7. The van der Waals surface area contributed by atoms with Gasteiger partial charge in [0, 0.05) is 38.8 Å². The molecule has 1 fully saturated rings. The second-order valence-electron chi connectivity index (χ2n) is 6.56. The van der Waals surface area contributed by atoms with E-state index in [1.54, 1.807) is 0 Å². The average molecular weight is 332 g/mol. The lowest BCUT2D eigenvalue weighted by molar-refractivity contribution is 0.167. The second kappa shape index (κ2) is 10.2. The predicted octanol–water partition coefficient (Wildman–Crippen LogP) is 2.49. The summed E-state index contributed by atoms with van der Waals surface area (Å²) in [5.74, 6) is 1.83. The first kappa shape index (κ1) is 18.6. The SMILES string of the molecule is CN=C(NCCCOc1ccccc1)NC1CCN(C(C)C)CC1. The van der Waals surface area contributed by atoms with Gasteiger partial charge in [-0.2, -0.15) is 0 Å². The van der Waals surface area contributed by atoms with Gasteiger partial charge >= 0.3 is 0 Å².